The molecule has 1 saturated heterocycles. The van der Waals surface area contributed by atoms with Crippen LogP contribution >= 0.6 is 0 Å². The number of rotatable bonds is 9. The van der Waals surface area contributed by atoms with E-state index in [1.807, 2.05) is 7.11 Å². The van der Waals surface area contributed by atoms with Crippen molar-refractivity contribution in [3.8, 4) is 0 Å². The molecule has 1 aliphatic heterocycles. The number of methoxy groups -OCH3 is 1. The summed E-state index contributed by atoms with van der Waals surface area (Å²) in [5, 5.41) is 3.56. The van der Waals surface area contributed by atoms with E-state index in [1.165, 1.54) is 51.7 Å². The highest BCUT2D eigenvalue weighted by Crippen LogP contribution is 2.17. The second-order valence-electron chi connectivity index (χ2n) is 5.57. The summed E-state index contributed by atoms with van der Waals surface area (Å²) in [7, 11) is 1.82. The number of nitrogens with one attached hydrogen (secondary N) is 1. The van der Waals surface area contributed by atoms with E-state index in [0.29, 0.717) is 0 Å². The highest BCUT2D eigenvalue weighted by atomic mass is 16.5. The van der Waals surface area contributed by atoms with Crippen LogP contribution in [0.3, 0.4) is 0 Å². The lowest BCUT2D eigenvalue weighted by Crippen LogP contribution is -2.38. The lowest BCUT2D eigenvalue weighted by atomic mass is 9.98. The monoisotopic (exact) mass is 256 g/mol. The molecule has 1 heterocycles. The van der Waals surface area contributed by atoms with Crippen LogP contribution in [0.1, 0.15) is 46.0 Å². The van der Waals surface area contributed by atoms with Gasteiger partial charge in [0, 0.05) is 19.7 Å². The summed E-state index contributed by atoms with van der Waals surface area (Å²) in [5.74, 6) is 0.763. The molecule has 18 heavy (non-hydrogen) atoms. The Hall–Kier alpha value is -0.120. The molecule has 0 aliphatic carbocycles. The van der Waals surface area contributed by atoms with Crippen molar-refractivity contribution in [2.75, 3.05) is 39.9 Å². The number of ether oxygens (including phenoxy) is 1. The van der Waals surface area contributed by atoms with Crippen LogP contribution in [0.15, 0.2) is 0 Å². The van der Waals surface area contributed by atoms with Crippen LogP contribution in [-0.2, 0) is 4.74 Å². The summed E-state index contributed by atoms with van der Waals surface area (Å²) in [4.78, 5) is 2.63. The summed E-state index contributed by atoms with van der Waals surface area (Å²) in [6, 6.07) is 0.717. The second-order valence-corrected chi connectivity index (χ2v) is 5.57. The van der Waals surface area contributed by atoms with Gasteiger partial charge in [0.25, 0.3) is 0 Å². The molecule has 0 spiro atoms. The zero-order chi connectivity index (χ0) is 13.2. The van der Waals surface area contributed by atoms with Crippen LogP contribution < -0.4 is 5.32 Å². The van der Waals surface area contributed by atoms with E-state index >= 15 is 0 Å². The van der Waals surface area contributed by atoms with E-state index < -0.39 is 0 Å². The summed E-state index contributed by atoms with van der Waals surface area (Å²) < 4.78 is 5.29. The molecule has 0 bridgehead atoms. The summed E-state index contributed by atoms with van der Waals surface area (Å²) in [6.07, 6.45) is 6.58. The Bertz CT molecular complexity index is 197. The molecular weight excluding hydrogens is 224 g/mol. The number of likely N-dealkylation sites (tertiary alicyclic amines) is 1. The fourth-order valence-electron chi connectivity index (χ4n) is 3.03. The number of nitrogens with zero attached hydrogens (tertiary/aromatic N) is 1. The van der Waals surface area contributed by atoms with E-state index in [2.05, 4.69) is 24.1 Å². The van der Waals surface area contributed by atoms with Crippen LogP contribution in [-0.4, -0.2) is 50.8 Å². The van der Waals surface area contributed by atoms with Gasteiger partial charge in [-0.05, 0) is 57.7 Å². The average molecular weight is 256 g/mol. The van der Waals surface area contributed by atoms with Crippen molar-refractivity contribution in [1.82, 2.24) is 10.2 Å². The standard InChI is InChI=1S/C15H32N2O/c1-4-15(16-5-2)9-7-11-17-10-6-8-14(12-17)13-18-3/h14-16H,4-13H2,1-3H3. The molecule has 1 rings (SSSR count). The first-order chi connectivity index (χ1) is 8.80. The molecule has 0 aromatic rings. The van der Waals surface area contributed by atoms with Crippen molar-refractivity contribution in [1.29, 1.82) is 0 Å². The van der Waals surface area contributed by atoms with Crippen molar-refractivity contribution in [2.24, 2.45) is 5.92 Å². The van der Waals surface area contributed by atoms with Crippen molar-refractivity contribution in [2.45, 2.75) is 52.0 Å². The molecule has 0 aromatic heterocycles. The molecule has 0 radical (unpaired) electrons. The minimum absolute atomic E-state index is 0.717. The van der Waals surface area contributed by atoms with Crippen LogP contribution in [0.5, 0.6) is 0 Å². The fourth-order valence-corrected chi connectivity index (χ4v) is 3.03. The van der Waals surface area contributed by atoms with Crippen LogP contribution in [0.4, 0.5) is 0 Å². The van der Waals surface area contributed by atoms with Crippen LogP contribution in [0, 0.1) is 5.92 Å². The largest absolute Gasteiger partial charge is 0.384 e. The third-order valence-corrected chi connectivity index (χ3v) is 4.02. The van der Waals surface area contributed by atoms with Gasteiger partial charge in [-0.3, -0.25) is 0 Å². The topological polar surface area (TPSA) is 24.5 Å². The van der Waals surface area contributed by atoms with Gasteiger partial charge >= 0.3 is 0 Å². The smallest absolute Gasteiger partial charge is 0.0502 e. The minimum atomic E-state index is 0.717. The third kappa shape index (κ3) is 6.17. The van der Waals surface area contributed by atoms with E-state index in [9.17, 15) is 0 Å². The summed E-state index contributed by atoms with van der Waals surface area (Å²) in [6.45, 7) is 10.3. The highest BCUT2D eigenvalue weighted by Gasteiger charge is 2.19. The van der Waals surface area contributed by atoms with Gasteiger partial charge in [0.05, 0.1) is 6.61 Å². The lowest BCUT2D eigenvalue weighted by molar-refractivity contribution is 0.0894. The van der Waals surface area contributed by atoms with Gasteiger partial charge in [-0.1, -0.05) is 13.8 Å². The molecular formula is C15H32N2O. The van der Waals surface area contributed by atoms with E-state index in [-0.39, 0.29) is 0 Å². The van der Waals surface area contributed by atoms with Crippen LogP contribution in [0.25, 0.3) is 0 Å². The summed E-state index contributed by atoms with van der Waals surface area (Å²) in [5.41, 5.74) is 0. The van der Waals surface area contributed by atoms with Gasteiger partial charge in [-0.15, -0.1) is 0 Å². The molecule has 108 valence electrons. The molecule has 0 aromatic carbocycles. The van der Waals surface area contributed by atoms with E-state index in [0.717, 1.165) is 25.1 Å². The predicted molar refractivity (Wildman–Crippen MR) is 78.0 cm³/mol. The molecule has 1 fully saturated rings. The maximum atomic E-state index is 5.29. The van der Waals surface area contributed by atoms with Gasteiger partial charge in [0.2, 0.25) is 0 Å². The maximum absolute atomic E-state index is 5.29. The van der Waals surface area contributed by atoms with Crippen LogP contribution in [0.2, 0.25) is 0 Å². The molecule has 1 aliphatic rings. The zero-order valence-electron chi connectivity index (χ0n) is 12.6. The quantitative estimate of drug-likeness (QED) is 0.686. The zero-order valence-corrected chi connectivity index (χ0v) is 12.6. The van der Waals surface area contributed by atoms with Gasteiger partial charge in [-0.25, -0.2) is 0 Å². The SMILES string of the molecule is CCNC(CC)CCCN1CCCC(COC)C1. The number of hydrogen-bond acceptors (Lipinski definition) is 3. The highest BCUT2D eigenvalue weighted by molar-refractivity contribution is 4.73. The van der Waals surface area contributed by atoms with Crippen molar-refractivity contribution >= 4 is 0 Å². The van der Waals surface area contributed by atoms with E-state index in [1.54, 1.807) is 0 Å². The average Bonchev–Trinajstić information content (AvgIpc) is 2.38. The van der Waals surface area contributed by atoms with Gasteiger partial charge < -0.3 is 15.0 Å². The Morgan fingerprint density at radius 1 is 1.39 bits per heavy atom. The van der Waals surface area contributed by atoms with Gasteiger partial charge in [0.15, 0.2) is 0 Å². The van der Waals surface area contributed by atoms with Crippen molar-refractivity contribution in [3.63, 3.8) is 0 Å². The van der Waals surface area contributed by atoms with Crippen molar-refractivity contribution in [3.05, 3.63) is 0 Å². The number of piperidine rings is 1. The summed E-state index contributed by atoms with van der Waals surface area (Å²) >= 11 is 0. The molecule has 0 amide bonds. The van der Waals surface area contributed by atoms with E-state index in [4.69, 9.17) is 4.74 Å². The second kappa shape index (κ2) is 9.76. The fraction of sp³-hybridized carbons (Fsp3) is 1.00. The Morgan fingerprint density at radius 2 is 2.22 bits per heavy atom. The normalized spacial score (nSPS) is 23.2. The Balaban J connectivity index is 2.14. The Morgan fingerprint density at radius 3 is 2.89 bits per heavy atom. The minimum Gasteiger partial charge on any atom is -0.384 e. The third-order valence-electron chi connectivity index (χ3n) is 4.02. The first-order valence-electron chi connectivity index (χ1n) is 7.74. The predicted octanol–water partition coefficient (Wildman–Crippen LogP) is 2.51. The van der Waals surface area contributed by atoms with Gasteiger partial charge in [-0.2, -0.15) is 0 Å². The van der Waals surface area contributed by atoms with Crippen molar-refractivity contribution < 1.29 is 4.74 Å². The molecule has 3 nitrogen and oxygen atoms in total. The lowest BCUT2D eigenvalue weighted by Gasteiger charge is -2.32. The Kier molecular flexibility index (Phi) is 8.64. The van der Waals surface area contributed by atoms with Gasteiger partial charge in [0.1, 0.15) is 0 Å². The first kappa shape index (κ1) is 15.9. The molecule has 2 unspecified atom stereocenters. The molecule has 1 N–H and O–H groups in total. The molecule has 2 atom stereocenters. The Labute approximate surface area is 113 Å². The first-order valence-corrected chi connectivity index (χ1v) is 7.74. The number of hydrogen-bond donors (Lipinski definition) is 1. The molecule has 3 heteroatoms. The molecule has 0 saturated carbocycles. The maximum Gasteiger partial charge on any atom is 0.0502 e.